The Morgan fingerprint density at radius 1 is 1.58 bits per heavy atom. The molecular formula is C14H19FN2O2. The van der Waals surface area contributed by atoms with Crippen LogP contribution in [0.4, 0.5) is 4.39 Å². The third kappa shape index (κ3) is 3.52. The lowest BCUT2D eigenvalue weighted by Gasteiger charge is -2.32. The van der Waals surface area contributed by atoms with Crippen molar-refractivity contribution in [2.24, 2.45) is 0 Å². The van der Waals surface area contributed by atoms with Gasteiger partial charge >= 0.3 is 0 Å². The predicted molar refractivity (Wildman–Crippen MR) is 70.1 cm³/mol. The normalized spacial score (nSPS) is 23.1. The molecule has 0 aliphatic carbocycles. The van der Waals surface area contributed by atoms with E-state index in [1.807, 2.05) is 6.92 Å². The predicted octanol–water partition coefficient (Wildman–Crippen LogP) is 1.16. The summed E-state index contributed by atoms with van der Waals surface area (Å²) < 4.78 is 18.6. The maximum Gasteiger partial charge on any atom is 0.242 e. The summed E-state index contributed by atoms with van der Waals surface area (Å²) in [6, 6.07) is 5.96. The first kappa shape index (κ1) is 14.0. The number of hydrogen-bond acceptors (Lipinski definition) is 3. The van der Waals surface area contributed by atoms with Crippen LogP contribution in [0.25, 0.3) is 0 Å². The van der Waals surface area contributed by atoms with E-state index in [0.29, 0.717) is 19.7 Å². The van der Waals surface area contributed by atoms with Crippen LogP contribution in [-0.2, 0) is 16.1 Å². The number of nitrogens with one attached hydrogen (secondary N) is 1. The van der Waals surface area contributed by atoms with E-state index in [0.717, 1.165) is 5.56 Å². The Bertz CT molecular complexity index is 453. The maximum atomic E-state index is 13.1. The topological polar surface area (TPSA) is 41.6 Å². The lowest BCUT2D eigenvalue weighted by atomic mass is 10.1. The molecule has 1 aromatic carbocycles. The minimum Gasteiger partial charge on any atom is -0.375 e. The van der Waals surface area contributed by atoms with Crippen LogP contribution >= 0.6 is 0 Å². The molecule has 2 atom stereocenters. The van der Waals surface area contributed by atoms with Gasteiger partial charge in [0.15, 0.2) is 0 Å². The van der Waals surface area contributed by atoms with Crippen molar-refractivity contribution in [1.29, 1.82) is 0 Å². The molecule has 5 heteroatoms. The Labute approximate surface area is 112 Å². The number of ether oxygens (including phenoxy) is 1. The first-order chi connectivity index (χ1) is 9.08. The number of hydrogen-bond donors (Lipinski definition) is 1. The number of amides is 1. The summed E-state index contributed by atoms with van der Waals surface area (Å²) in [5.41, 5.74) is 0.778. The molecule has 1 N–H and O–H groups in total. The fourth-order valence-corrected chi connectivity index (χ4v) is 2.23. The first-order valence-electron chi connectivity index (χ1n) is 6.42. The molecule has 0 spiro atoms. The van der Waals surface area contributed by atoms with Crippen molar-refractivity contribution in [2.75, 3.05) is 20.2 Å². The lowest BCUT2D eigenvalue weighted by Crippen LogP contribution is -2.55. The van der Waals surface area contributed by atoms with Crippen LogP contribution in [0.5, 0.6) is 0 Å². The summed E-state index contributed by atoms with van der Waals surface area (Å²) in [5, 5.41) is 3.16. The van der Waals surface area contributed by atoms with Crippen molar-refractivity contribution >= 4 is 5.91 Å². The van der Waals surface area contributed by atoms with Crippen molar-refractivity contribution in [3.05, 3.63) is 35.6 Å². The highest BCUT2D eigenvalue weighted by Gasteiger charge is 2.30. The number of nitrogens with zero attached hydrogens (tertiary/aromatic N) is 1. The quantitative estimate of drug-likeness (QED) is 0.892. The molecule has 0 bridgehead atoms. The number of likely N-dealkylation sites (N-methyl/N-ethyl adjacent to an activating group) is 1. The van der Waals surface area contributed by atoms with Crippen molar-refractivity contribution in [3.63, 3.8) is 0 Å². The number of carbonyl (C=O) groups excluding carboxylic acids is 1. The molecule has 1 fully saturated rings. The molecule has 0 unspecified atom stereocenters. The fraction of sp³-hybridized carbons (Fsp3) is 0.500. The number of carbonyl (C=O) groups is 1. The number of benzene rings is 1. The summed E-state index contributed by atoms with van der Waals surface area (Å²) in [6.45, 7) is 3.57. The second kappa shape index (κ2) is 6.12. The standard InChI is InChI=1S/C14H19FN2O2/c1-10-13(16-6-7-19-10)14(18)17(2)9-11-4-3-5-12(15)8-11/h3-5,8,10,13,16H,6-7,9H2,1-2H3/t10-,13+/m1/s1. The van der Waals surface area contributed by atoms with Crippen LogP contribution in [0.15, 0.2) is 24.3 Å². The van der Waals surface area contributed by atoms with E-state index in [-0.39, 0.29) is 23.9 Å². The number of rotatable bonds is 3. The van der Waals surface area contributed by atoms with Crippen LogP contribution in [0.2, 0.25) is 0 Å². The SMILES string of the molecule is C[C@H]1OCCN[C@@H]1C(=O)N(C)Cc1cccc(F)c1. The molecule has 19 heavy (non-hydrogen) atoms. The molecule has 104 valence electrons. The molecule has 1 aromatic rings. The van der Waals surface area contributed by atoms with Gasteiger partial charge in [0.05, 0.1) is 12.7 Å². The average molecular weight is 266 g/mol. The monoisotopic (exact) mass is 266 g/mol. The van der Waals surface area contributed by atoms with Crippen LogP contribution in [0, 0.1) is 5.82 Å². The largest absolute Gasteiger partial charge is 0.375 e. The van der Waals surface area contributed by atoms with Gasteiger partial charge in [-0.2, -0.15) is 0 Å². The number of morpholine rings is 1. The maximum absolute atomic E-state index is 13.1. The van der Waals surface area contributed by atoms with Crippen LogP contribution in [-0.4, -0.2) is 43.2 Å². The van der Waals surface area contributed by atoms with E-state index in [1.54, 1.807) is 24.1 Å². The van der Waals surface area contributed by atoms with Crippen LogP contribution < -0.4 is 5.32 Å². The molecule has 1 heterocycles. The third-order valence-electron chi connectivity index (χ3n) is 3.27. The van der Waals surface area contributed by atoms with Crippen molar-refractivity contribution in [3.8, 4) is 0 Å². The van der Waals surface area contributed by atoms with Crippen molar-refractivity contribution < 1.29 is 13.9 Å². The molecule has 2 rings (SSSR count). The van der Waals surface area contributed by atoms with Gasteiger partial charge < -0.3 is 15.0 Å². The van der Waals surface area contributed by atoms with Crippen LogP contribution in [0.3, 0.4) is 0 Å². The van der Waals surface area contributed by atoms with Crippen molar-refractivity contribution in [1.82, 2.24) is 10.2 Å². The molecular weight excluding hydrogens is 247 g/mol. The van der Waals surface area contributed by atoms with Gasteiger partial charge in [-0.3, -0.25) is 4.79 Å². The van der Waals surface area contributed by atoms with Gasteiger partial charge in [-0.1, -0.05) is 12.1 Å². The molecule has 4 nitrogen and oxygen atoms in total. The number of halogens is 1. The molecule has 0 saturated carbocycles. The summed E-state index contributed by atoms with van der Waals surface area (Å²) in [4.78, 5) is 13.9. The van der Waals surface area contributed by atoms with Crippen molar-refractivity contribution in [2.45, 2.75) is 25.6 Å². The molecule has 1 saturated heterocycles. The Morgan fingerprint density at radius 2 is 2.37 bits per heavy atom. The van der Waals surface area contributed by atoms with E-state index in [1.165, 1.54) is 12.1 Å². The van der Waals surface area contributed by atoms with Gasteiger partial charge in [0.25, 0.3) is 0 Å². The zero-order valence-corrected chi connectivity index (χ0v) is 11.2. The summed E-state index contributed by atoms with van der Waals surface area (Å²) in [6.07, 6.45) is -0.142. The van der Waals surface area contributed by atoms with Crippen LogP contribution in [0.1, 0.15) is 12.5 Å². The average Bonchev–Trinajstić information content (AvgIpc) is 2.38. The fourth-order valence-electron chi connectivity index (χ4n) is 2.23. The van der Waals surface area contributed by atoms with E-state index >= 15 is 0 Å². The van der Waals surface area contributed by atoms with Gasteiger partial charge in [-0.25, -0.2) is 4.39 Å². The first-order valence-corrected chi connectivity index (χ1v) is 6.42. The highest BCUT2D eigenvalue weighted by atomic mass is 19.1. The highest BCUT2D eigenvalue weighted by molar-refractivity contribution is 5.82. The smallest absolute Gasteiger partial charge is 0.242 e. The van der Waals surface area contributed by atoms with Gasteiger partial charge in [-0.05, 0) is 24.6 Å². The van der Waals surface area contributed by atoms with Gasteiger partial charge in [-0.15, -0.1) is 0 Å². The minimum absolute atomic E-state index is 0.0311. The van der Waals surface area contributed by atoms with E-state index < -0.39 is 0 Å². The molecule has 1 amide bonds. The van der Waals surface area contributed by atoms with Gasteiger partial charge in [0.2, 0.25) is 5.91 Å². The van der Waals surface area contributed by atoms with E-state index in [2.05, 4.69) is 5.32 Å². The van der Waals surface area contributed by atoms with Gasteiger partial charge in [0, 0.05) is 20.1 Å². The Morgan fingerprint density at radius 3 is 3.05 bits per heavy atom. The van der Waals surface area contributed by atoms with E-state index in [4.69, 9.17) is 4.74 Å². The second-order valence-corrected chi connectivity index (χ2v) is 4.83. The minimum atomic E-state index is -0.327. The second-order valence-electron chi connectivity index (χ2n) is 4.83. The Kier molecular flexibility index (Phi) is 4.50. The zero-order valence-electron chi connectivity index (χ0n) is 11.2. The lowest BCUT2D eigenvalue weighted by molar-refractivity contribution is -0.138. The van der Waals surface area contributed by atoms with Gasteiger partial charge in [0.1, 0.15) is 11.9 Å². The molecule has 0 radical (unpaired) electrons. The zero-order chi connectivity index (χ0) is 13.8. The Balaban J connectivity index is 1.99. The summed E-state index contributed by atoms with van der Waals surface area (Å²) in [5.74, 6) is -0.317. The Hall–Kier alpha value is -1.46. The third-order valence-corrected chi connectivity index (χ3v) is 3.27. The molecule has 1 aliphatic heterocycles. The summed E-state index contributed by atoms with van der Waals surface area (Å²) >= 11 is 0. The highest BCUT2D eigenvalue weighted by Crippen LogP contribution is 2.11. The van der Waals surface area contributed by atoms with E-state index in [9.17, 15) is 9.18 Å². The molecule has 0 aromatic heterocycles. The molecule has 1 aliphatic rings. The summed E-state index contributed by atoms with van der Waals surface area (Å²) in [7, 11) is 1.72.